The molecule has 0 radical (unpaired) electrons. The van der Waals surface area contributed by atoms with Gasteiger partial charge in [0.05, 0.1) is 7.11 Å². The second-order valence-corrected chi connectivity index (χ2v) is 5.86. The van der Waals surface area contributed by atoms with E-state index in [2.05, 4.69) is 20.6 Å². The SMILES string of the molecule is COc1ccccc1CCNc1cc(C(=O)Nc2ccc(F)c(F)c2)ncn1. The largest absolute Gasteiger partial charge is 0.496 e. The maximum atomic E-state index is 13.3. The Morgan fingerprint density at radius 2 is 1.89 bits per heavy atom. The molecule has 0 saturated heterocycles. The van der Waals surface area contributed by atoms with Gasteiger partial charge in [-0.3, -0.25) is 4.79 Å². The number of halogens is 2. The Hall–Kier alpha value is -3.55. The van der Waals surface area contributed by atoms with Crippen LogP contribution in [0.4, 0.5) is 20.3 Å². The summed E-state index contributed by atoms with van der Waals surface area (Å²) in [7, 11) is 1.62. The van der Waals surface area contributed by atoms with Crippen LogP contribution < -0.4 is 15.4 Å². The van der Waals surface area contributed by atoms with Gasteiger partial charge in [0.1, 0.15) is 23.6 Å². The van der Waals surface area contributed by atoms with Crippen molar-refractivity contribution < 1.29 is 18.3 Å². The van der Waals surface area contributed by atoms with Gasteiger partial charge < -0.3 is 15.4 Å². The second-order valence-electron chi connectivity index (χ2n) is 5.86. The number of methoxy groups -OCH3 is 1. The normalized spacial score (nSPS) is 10.4. The fourth-order valence-corrected chi connectivity index (χ4v) is 2.58. The fourth-order valence-electron chi connectivity index (χ4n) is 2.58. The number of ether oxygens (including phenoxy) is 1. The van der Waals surface area contributed by atoms with E-state index in [1.54, 1.807) is 7.11 Å². The molecule has 0 fully saturated rings. The Labute approximate surface area is 160 Å². The van der Waals surface area contributed by atoms with E-state index in [-0.39, 0.29) is 11.4 Å². The van der Waals surface area contributed by atoms with Crippen molar-refractivity contribution in [1.29, 1.82) is 0 Å². The molecule has 1 heterocycles. The lowest BCUT2D eigenvalue weighted by Crippen LogP contribution is -2.15. The number of para-hydroxylation sites is 1. The first-order valence-electron chi connectivity index (χ1n) is 8.51. The van der Waals surface area contributed by atoms with Crippen LogP contribution in [0.3, 0.4) is 0 Å². The summed E-state index contributed by atoms with van der Waals surface area (Å²) in [5, 5.41) is 5.59. The number of nitrogens with one attached hydrogen (secondary N) is 2. The zero-order valence-corrected chi connectivity index (χ0v) is 15.1. The van der Waals surface area contributed by atoms with E-state index in [1.807, 2.05) is 24.3 Å². The molecule has 0 aliphatic carbocycles. The van der Waals surface area contributed by atoms with Gasteiger partial charge in [0, 0.05) is 24.4 Å². The van der Waals surface area contributed by atoms with E-state index in [4.69, 9.17) is 4.74 Å². The maximum absolute atomic E-state index is 13.3. The summed E-state index contributed by atoms with van der Waals surface area (Å²) < 4.78 is 31.5. The van der Waals surface area contributed by atoms with Crippen LogP contribution in [0.25, 0.3) is 0 Å². The molecule has 3 aromatic rings. The third kappa shape index (κ3) is 4.79. The van der Waals surface area contributed by atoms with E-state index in [1.165, 1.54) is 18.5 Å². The number of nitrogens with zero attached hydrogens (tertiary/aromatic N) is 2. The van der Waals surface area contributed by atoms with Gasteiger partial charge in [-0.2, -0.15) is 0 Å². The van der Waals surface area contributed by atoms with Crippen LogP contribution in [-0.2, 0) is 6.42 Å². The average molecular weight is 384 g/mol. The number of hydrogen-bond acceptors (Lipinski definition) is 5. The Kier molecular flexibility index (Phi) is 6.11. The van der Waals surface area contributed by atoms with Gasteiger partial charge in [-0.25, -0.2) is 18.7 Å². The summed E-state index contributed by atoms with van der Waals surface area (Å²) in [6.07, 6.45) is 1.95. The molecule has 0 unspecified atom stereocenters. The van der Waals surface area contributed by atoms with Crippen molar-refractivity contribution in [2.75, 3.05) is 24.3 Å². The Morgan fingerprint density at radius 3 is 2.68 bits per heavy atom. The third-order valence-corrected chi connectivity index (χ3v) is 3.97. The molecule has 0 saturated carbocycles. The Bertz CT molecular complexity index is 982. The van der Waals surface area contributed by atoms with Crippen molar-refractivity contribution in [3.63, 3.8) is 0 Å². The number of rotatable bonds is 7. The zero-order valence-electron chi connectivity index (χ0n) is 15.1. The van der Waals surface area contributed by atoms with Gasteiger partial charge in [-0.15, -0.1) is 0 Å². The highest BCUT2D eigenvalue weighted by atomic mass is 19.2. The number of carbonyl (C=O) groups is 1. The number of hydrogen-bond donors (Lipinski definition) is 2. The molecule has 1 amide bonds. The van der Waals surface area contributed by atoms with Crippen molar-refractivity contribution in [2.45, 2.75) is 6.42 Å². The minimum Gasteiger partial charge on any atom is -0.496 e. The first-order chi connectivity index (χ1) is 13.6. The topological polar surface area (TPSA) is 76.1 Å². The molecule has 0 bridgehead atoms. The van der Waals surface area contributed by atoms with E-state index in [9.17, 15) is 13.6 Å². The number of amides is 1. The fraction of sp³-hybridized carbons (Fsp3) is 0.150. The molecular formula is C20H18F2N4O2. The summed E-state index contributed by atoms with van der Waals surface area (Å²) in [6, 6.07) is 12.3. The molecule has 3 rings (SSSR count). The third-order valence-electron chi connectivity index (χ3n) is 3.97. The Morgan fingerprint density at radius 1 is 1.07 bits per heavy atom. The molecule has 2 aromatic carbocycles. The van der Waals surface area contributed by atoms with Crippen LogP contribution in [0.1, 0.15) is 16.1 Å². The standard InChI is InChI=1S/C20H18F2N4O2/c1-28-18-5-3-2-4-13(18)8-9-23-19-11-17(24-12-25-19)20(27)26-14-6-7-15(21)16(22)10-14/h2-7,10-12H,8-9H2,1H3,(H,26,27)(H,23,24,25). The molecule has 144 valence electrons. The van der Waals surface area contributed by atoms with Crippen LogP contribution in [0.5, 0.6) is 5.75 Å². The molecule has 0 aliphatic rings. The molecule has 2 N–H and O–H groups in total. The smallest absolute Gasteiger partial charge is 0.274 e. The summed E-state index contributed by atoms with van der Waals surface area (Å²) in [6.45, 7) is 0.571. The van der Waals surface area contributed by atoms with Crippen molar-refractivity contribution in [3.05, 3.63) is 77.8 Å². The molecule has 0 atom stereocenters. The van der Waals surface area contributed by atoms with E-state index >= 15 is 0 Å². The maximum Gasteiger partial charge on any atom is 0.274 e. The van der Waals surface area contributed by atoms with Gasteiger partial charge in [0.25, 0.3) is 5.91 Å². The minimum absolute atomic E-state index is 0.0968. The van der Waals surface area contributed by atoms with Crippen LogP contribution in [0.2, 0.25) is 0 Å². The summed E-state index contributed by atoms with van der Waals surface area (Å²) in [4.78, 5) is 20.3. The predicted octanol–water partition coefficient (Wildman–Crippen LogP) is 3.67. The van der Waals surface area contributed by atoms with Gasteiger partial charge >= 0.3 is 0 Å². The Balaban J connectivity index is 1.61. The molecule has 1 aromatic heterocycles. The number of carbonyl (C=O) groups excluding carboxylic acids is 1. The van der Waals surface area contributed by atoms with E-state index in [0.717, 1.165) is 23.4 Å². The lowest BCUT2D eigenvalue weighted by molar-refractivity contribution is 0.102. The molecule has 0 spiro atoms. The molecule has 6 nitrogen and oxygen atoms in total. The average Bonchev–Trinajstić information content (AvgIpc) is 2.71. The highest BCUT2D eigenvalue weighted by molar-refractivity contribution is 6.03. The van der Waals surface area contributed by atoms with Crippen LogP contribution in [0, 0.1) is 11.6 Å². The predicted molar refractivity (Wildman–Crippen MR) is 102 cm³/mol. The van der Waals surface area contributed by atoms with Crippen molar-refractivity contribution in [1.82, 2.24) is 9.97 Å². The first-order valence-corrected chi connectivity index (χ1v) is 8.51. The second kappa shape index (κ2) is 8.90. The highest BCUT2D eigenvalue weighted by Crippen LogP contribution is 2.18. The van der Waals surface area contributed by atoms with Crippen molar-refractivity contribution in [3.8, 4) is 5.75 Å². The summed E-state index contributed by atoms with van der Waals surface area (Å²) >= 11 is 0. The number of aromatic nitrogens is 2. The van der Waals surface area contributed by atoms with E-state index < -0.39 is 17.5 Å². The van der Waals surface area contributed by atoms with Crippen molar-refractivity contribution in [2.24, 2.45) is 0 Å². The molecule has 8 heteroatoms. The van der Waals surface area contributed by atoms with Gasteiger partial charge in [0.15, 0.2) is 11.6 Å². The zero-order chi connectivity index (χ0) is 19.9. The first kappa shape index (κ1) is 19.2. The van der Waals surface area contributed by atoms with Crippen LogP contribution >= 0.6 is 0 Å². The van der Waals surface area contributed by atoms with Gasteiger partial charge in [-0.1, -0.05) is 18.2 Å². The van der Waals surface area contributed by atoms with Crippen molar-refractivity contribution >= 4 is 17.4 Å². The summed E-state index contributed by atoms with van der Waals surface area (Å²) in [5.41, 5.74) is 1.27. The highest BCUT2D eigenvalue weighted by Gasteiger charge is 2.11. The lowest BCUT2D eigenvalue weighted by Gasteiger charge is -2.10. The van der Waals surface area contributed by atoms with Gasteiger partial charge in [-0.05, 0) is 30.2 Å². The quantitative estimate of drug-likeness (QED) is 0.650. The molecular weight excluding hydrogens is 366 g/mol. The molecule has 28 heavy (non-hydrogen) atoms. The lowest BCUT2D eigenvalue weighted by atomic mass is 10.1. The van der Waals surface area contributed by atoms with Gasteiger partial charge in [0.2, 0.25) is 0 Å². The van der Waals surface area contributed by atoms with Crippen LogP contribution in [0.15, 0.2) is 54.9 Å². The monoisotopic (exact) mass is 384 g/mol. The number of anilines is 2. The minimum atomic E-state index is -1.04. The molecule has 0 aliphatic heterocycles. The van der Waals surface area contributed by atoms with E-state index in [0.29, 0.717) is 18.8 Å². The number of benzene rings is 2. The van der Waals surface area contributed by atoms with Crippen LogP contribution in [-0.4, -0.2) is 29.5 Å². The summed E-state index contributed by atoms with van der Waals surface area (Å²) in [5.74, 6) is -1.30.